The van der Waals surface area contributed by atoms with E-state index in [2.05, 4.69) is 29.2 Å². The Labute approximate surface area is 148 Å². The third-order valence-corrected chi connectivity index (χ3v) is 5.10. The average molecular weight is 339 g/mol. The third-order valence-electron chi connectivity index (χ3n) is 5.10. The van der Waals surface area contributed by atoms with Gasteiger partial charge in [0.1, 0.15) is 0 Å². The van der Waals surface area contributed by atoms with Crippen LogP contribution in [0.1, 0.15) is 24.0 Å². The van der Waals surface area contributed by atoms with E-state index in [-0.39, 0.29) is 16.7 Å². The number of hydrogen-bond donors (Lipinski definition) is 1. The number of likely N-dealkylation sites (tertiary alicyclic amines) is 1. The minimum Gasteiger partial charge on any atom is -0.327 e. The lowest BCUT2D eigenvalue weighted by molar-refractivity contribution is -0.385. The fraction of sp³-hybridized carbons (Fsp3) is 0.400. The predicted octanol–water partition coefficient (Wildman–Crippen LogP) is 3.38. The SMILES string of the molecule is NC1CCN(Cc2ccccc2)CC1CCc1ccccc1[N+](=O)[O-]. The maximum absolute atomic E-state index is 11.2. The summed E-state index contributed by atoms with van der Waals surface area (Å²) in [5.41, 5.74) is 8.67. The normalized spacial score (nSPS) is 21.2. The molecular formula is C20H25N3O2. The molecule has 0 bridgehead atoms. The van der Waals surface area contributed by atoms with Crippen LogP contribution in [-0.2, 0) is 13.0 Å². The first-order chi connectivity index (χ1) is 12.1. The Hall–Kier alpha value is -2.24. The summed E-state index contributed by atoms with van der Waals surface area (Å²) in [5, 5.41) is 11.2. The number of rotatable bonds is 6. The summed E-state index contributed by atoms with van der Waals surface area (Å²) in [4.78, 5) is 13.3. The molecule has 132 valence electrons. The van der Waals surface area contributed by atoms with Crippen LogP contribution in [-0.4, -0.2) is 29.0 Å². The standard InChI is InChI=1S/C20H25N3O2/c21-19-12-13-22(14-16-6-2-1-3-7-16)15-18(19)11-10-17-8-4-5-9-20(17)23(24)25/h1-9,18-19H,10-15,21H2. The van der Waals surface area contributed by atoms with Crippen LogP contribution in [0.5, 0.6) is 0 Å². The summed E-state index contributed by atoms with van der Waals surface area (Å²) in [6, 6.07) is 17.7. The van der Waals surface area contributed by atoms with Crippen molar-refractivity contribution in [3.05, 3.63) is 75.8 Å². The van der Waals surface area contributed by atoms with E-state index in [1.807, 2.05) is 18.2 Å². The molecule has 1 fully saturated rings. The highest BCUT2D eigenvalue weighted by Gasteiger charge is 2.27. The van der Waals surface area contributed by atoms with Gasteiger partial charge in [0.2, 0.25) is 0 Å². The number of nitrogens with two attached hydrogens (primary N) is 1. The Morgan fingerprint density at radius 2 is 1.84 bits per heavy atom. The molecule has 2 aromatic carbocycles. The maximum atomic E-state index is 11.2. The van der Waals surface area contributed by atoms with Crippen molar-refractivity contribution in [1.82, 2.24) is 4.90 Å². The second-order valence-corrected chi connectivity index (χ2v) is 6.86. The van der Waals surface area contributed by atoms with E-state index >= 15 is 0 Å². The number of para-hydroxylation sites is 1. The molecule has 1 heterocycles. The monoisotopic (exact) mass is 339 g/mol. The fourth-order valence-corrected chi connectivity index (χ4v) is 3.66. The maximum Gasteiger partial charge on any atom is 0.272 e. The Bertz CT molecular complexity index is 705. The van der Waals surface area contributed by atoms with Gasteiger partial charge in [-0.15, -0.1) is 0 Å². The van der Waals surface area contributed by atoms with E-state index in [0.717, 1.165) is 38.0 Å². The van der Waals surface area contributed by atoms with Gasteiger partial charge in [0.05, 0.1) is 4.92 Å². The lowest BCUT2D eigenvalue weighted by atomic mass is 9.87. The zero-order valence-electron chi connectivity index (χ0n) is 14.4. The van der Waals surface area contributed by atoms with Crippen LogP contribution in [0.4, 0.5) is 5.69 Å². The quantitative estimate of drug-likeness (QED) is 0.647. The lowest BCUT2D eigenvalue weighted by Crippen LogP contribution is -2.46. The topological polar surface area (TPSA) is 72.4 Å². The first-order valence-electron chi connectivity index (χ1n) is 8.87. The summed E-state index contributed by atoms with van der Waals surface area (Å²) < 4.78 is 0. The van der Waals surface area contributed by atoms with Crippen molar-refractivity contribution < 1.29 is 4.92 Å². The summed E-state index contributed by atoms with van der Waals surface area (Å²) in [5.74, 6) is 0.372. The number of nitro groups is 1. The number of nitro benzene ring substituents is 1. The first kappa shape index (κ1) is 17.6. The molecule has 1 aliphatic rings. The molecule has 3 rings (SSSR count). The van der Waals surface area contributed by atoms with Crippen LogP contribution in [0.15, 0.2) is 54.6 Å². The molecule has 5 heteroatoms. The van der Waals surface area contributed by atoms with Crippen LogP contribution in [0.2, 0.25) is 0 Å². The Balaban J connectivity index is 1.60. The first-order valence-corrected chi connectivity index (χ1v) is 8.87. The number of benzene rings is 2. The van der Waals surface area contributed by atoms with E-state index in [0.29, 0.717) is 12.3 Å². The van der Waals surface area contributed by atoms with Crippen LogP contribution < -0.4 is 5.73 Å². The average Bonchev–Trinajstić information content (AvgIpc) is 2.63. The molecule has 0 aliphatic carbocycles. The summed E-state index contributed by atoms with van der Waals surface area (Å²) in [7, 11) is 0. The highest BCUT2D eigenvalue weighted by Crippen LogP contribution is 2.25. The second kappa shape index (κ2) is 8.23. The van der Waals surface area contributed by atoms with Crippen LogP contribution in [0.25, 0.3) is 0 Å². The van der Waals surface area contributed by atoms with Gasteiger partial charge in [-0.05, 0) is 37.3 Å². The molecule has 0 saturated carbocycles. The van der Waals surface area contributed by atoms with E-state index in [1.165, 1.54) is 5.56 Å². The molecule has 1 aliphatic heterocycles. The molecule has 0 radical (unpaired) electrons. The van der Waals surface area contributed by atoms with Crippen LogP contribution >= 0.6 is 0 Å². The third kappa shape index (κ3) is 4.65. The van der Waals surface area contributed by atoms with E-state index in [1.54, 1.807) is 12.1 Å². The number of hydrogen-bond acceptors (Lipinski definition) is 4. The molecule has 2 unspecified atom stereocenters. The minimum absolute atomic E-state index is 0.176. The minimum atomic E-state index is -0.294. The Morgan fingerprint density at radius 3 is 2.60 bits per heavy atom. The number of aryl methyl sites for hydroxylation is 1. The molecule has 0 aromatic heterocycles. The highest BCUT2D eigenvalue weighted by molar-refractivity contribution is 5.39. The molecule has 5 nitrogen and oxygen atoms in total. The zero-order chi connectivity index (χ0) is 17.6. The molecule has 25 heavy (non-hydrogen) atoms. The number of piperidine rings is 1. The smallest absolute Gasteiger partial charge is 0.272 e. The zero-order valence-corrected chi connectivity index (χ0v) is 14.4. The van der Waals surface area contributed by atoms with Crippen molar-refractivity contribution in [2.75, 3.05) is 13.1 Å². The second-order valence-electron chi connectivity index (χ2n) is 6.86. The van der Waals surface area contributed by atoms with Gasteiger partial charge in [-0.1, -0.05) is 48.5 Å². The van der Waals surface area contributed by atoms with Crippen molar-refractivity contribution in [2.45, 2.75) is 31.8 Å². The van der Waals surface area contributed by atoms with Crippen molar-refractivity contribution in [3.8, 4) is 0 Å². The molecule has 0 spiro atoms. The summed E-state index contributed by atoms with van der Waals surface area (Å²) >= 11 is 0. The molecule has 1 saturated heterocycles. The van der Waals surface area contributed by atoms with Crippen molar-refractivity contribution in [1.29, 1.82) is 0 Å². The largest absolute Gasteiger partial charge is 0.327 e. The fourth-order valence-electron chi connectivity index (χ4n) is 3.66. The lowest BCUT2D eigenvalue weighted by Gasteiger charge is -2.37. The van der Waals surface area contributed by atoms with Gasteiger partial charge in [-0.25, -0.2) is 0 Å². The predicted molar refractivity (Wildman–Crippen MR) is 99.2 cm³/mol. The van der Waals surface area contributed by atoms with Gasteiger partial charge in [0, 0.05) is 30.8 Å². The van der Waals surface area contributed by atoms with E-state index in [9.17, 15) is 10.1 Å². The van der Waals surface area contributed by atoms with Gasteiger partial charge >= 0.3 is 0 Å². The molecule has 2 N–H and O–H groups in total. The van der Waals surface area contributed by atoms with Gasteiger partial charge in [0.25, 0.3) is 5.69 Å². The van der Waals surface area contributed by atoms with Gasteiger partial charge < -0.3 is 5.73 Å². The highest BCUT2D eigenvalue weighted by atomic mass is 16.6. The van der Waals surface area contributed by atoms with Gasteiger partial charge in [-0.3, -0.25) is 15.0 Å². The number of nitrogens with zero attached hydrogens (tertiary/aromatic N) is 2. The van der Waals surface area contributed by atoms with Crippen molar-refractivity contribution in [3.63, 3.8) is 0 Å². The van der Waals surface area contributed by atoms with E-state index < -0.39 is 0 Å². The molecule has 0 amide bonds. The van der Waals surface area contributed by atoms with Crippen LogP contribution in [0.3, 0.4) is 0 Å². The Kier molecular flexibility index (Phi) is 5.79. The molecule has 2 aromatic rings. The molecular weight excluding hydrogens is 314 g/mol. The van der Waals surface area contributed by atoms with Gasteiger partial charge in [0.15, 0.2) is 0 Å². The van der Waals surface area contributed by atoms with Crippen LogP contribution in [0, 0.1) is 16.0 Å². The Morgan fingerprint density at radius 1 is 1.12 bits per heavy atom. The molecule has 2 atom stereocenters. The van der Waals surface area contributed by atoms with E-state index in [4.69, 9.17) is 5.73 Å². The van der Waals surface area contributed by atoms with Crippen molar-refractivity contribution >= 4 is 5.69 Å². The summed E-state index contributed by atoms with van der Waals surface area (Å²) in [6.45, 7) is 2.91. The van der Waals surface area contributed by atoms with Gasteiger partial charge in [-0.2, -0.15) is 0 Å². The van der Waals surface area contributed by atoms with Crippen molar-refractivity contribution in [2.24, 2.45) is 11.7 Å². The summed E-state index contributed by atoms with van der Waals surface area (Å²) in [6.07, 6.45) is 2.57.